The average molecular weight is 340 g/mol. The van der Waals surface area contributed by atoms with Crippen molar-refractivity contribution in [2.45, 2.75) is 25.8 Å². The molecule has 3 heterocycles. The summed E-state index contributed by atoms with van der Waals surface area (Å²) in [4.78, 5) is 11.0. The Morgan fingerprint density at radius 2 is 1.96 bits per heavy atom. The van der Waals surface area contributed by atoms with Crippen LogP contribution in [0.1, 0.15) is 24.1 Å². The van der Waals surface area contributed by atoms with E-state index in [2.05, 4.69) is 27.0 Å². The van der Waals surface area contributed by atoms with Crippen LogP contribution >= 0.6 is 0 Å². The molecule has 0 unspecified atom stereocenters. The van der Waals surface area contributed by atoms with Gasteiger partial charge in [0.2, 0.25) is 0 Å². The number of nitrogens with zero attached hydrogens (tertiary/aromatic N) is 3. The number of hydrogen-bond acceptors (Lipinski definition) is 6. The fourth-order valence-electron chi connectivity index (χ4n) is 3.71. The van der Waals surface area contributed by atoms with Crippen molar-refractivity contribution < 1.29 is 9.47 Å². The molecule has 1 saturated heterocycles. The van der Waals surface area contributed by atoms with Crippen LogP contribution < -0.4 is 15.2 Å². The number of likely N-dealkylation sites (tertiary alicyclic amines) is 1. The Hall–Kier alpha value is -2.34. The highest BCUT2D eigenvalue weighted by Gasteiger charge is 2.22. The number of piperidine rings is 1. The van der Waals surface area contributed by atoms with E-state index in [0.717, 1.165) is 43.2 Å². The van der Waals surface area contributed by atoms with Gasteiger partial charge >= 0.3 is 0 Å². The van der Waals surface area contributed by atoms with Crippen LogP contribution in [-0.2, 0) is 13.0 Å². The van der Waals surface area contributed by atoms with Crippen molar-refractivity contribution in [3.05, 3.63) is 41.9 Å². The normalized spacial score (nSPS) is 20.4. The first-order chi connectivity index (χ1) is 12.3. The lowest BCUT2D eigenvalue weighted by molar-refractivity contribution is 0.162. The Morgan fingerprint density at radius 1 is 1.12 bits per heavy atom. The summed E-state index contributed by atoms with van der Waals surface area (Å²) in [5.74, 6) is 2.85. The number of hydrogen-bond donors (Lipinski definition) is 1. The number of benzene rings is 1. The average Bonchev–Trinajstić information content (AvgIpc) is 2.64. The molecule has 1 aromatic heterocycles. The third-order valence-electron chi connectivity index (χ3n) is 4.90. The van der Waals surface area contributed by atoms with E-state index < -0.39 is 0 Å². The second kappa shape index (κ2) is 7.27. The highest BCUT2D eigenvalue weighted by atomic mass is 16.6. The Bertz CT molecular complexity index is 737. The first-order valence-corrected chi connectivity index (χ1v) is 8.94. The summed E-state index contributed by atoms with van der Waals surface area (Å²) in [5, 5.41) is 0. The second-order valence-corrected chi connectivity index (χ2v) is 6.81. The molecule has 25 heavy (non-hydrogen) atoms. The van der Waals surface area contributed by atoms with Crippen LogP contribution in [0.5, 0.6) is 11.5 Å². The Kier molecular flexibility index (Phi) is 4.70. The van der Waals surface area contributed by atoms with E-state index in [1.165, 1.54) is 18.4 Å². The van der Waals surface area contributed by atoms with E-state index >= 15 is 0 Å². The standard InChI is InChI=1S/C19H24N4O2/c20-19-16(21-5-6-22-19)10-14-2-1-7-23(12-14)13-15-3-4-17-18(11-15)25-9-8-24-17/h3-6,11,14H,1-2,7-10,12-13H2,(H2,20,22)/t14-/m1/s1. The minimum Gasteiger partial charge on any atom is -0.486 e. The van der Waals surface area contributed by atoms with Crippen molar-refractivity contribution in [1.82, 2.24) is 14.9 Å². The van der Waals surface area contributed by atoms with Gasteiger partial charge in [0.05, 0.1) is 5.69 Å². The van der Waals surface area contributed by atoms with Crippen molar-refractivity contribution >= 4 is 5.82 Å². The van der Waals surface area contributed by atoms with Crippen molar-refractivity contribution in [2.24, 2.45) is 5.92 Å². The molecule has 2 N–H and O–H groups in total. The molecule has 1 aromatic carbocycles. The van der Waals surface area contributed by atoms with Crippen molar-refractivity contribution in [2.75, 3.05) is 32.0 Å². The van der Waals surface area contributed by atoms with E-state index in [0.29, 0.717) is 24.9 Å². The molecule has 132 valence electrons. The van der Waals surface area contributed by atoms with Crippen molar-refractivity contribution in [3.63, 3.8) is 0 Å². The number of aromatic nitrogens is 2. The van der Waals surface area contributed by atoms with Gasteiger partial charge in [0.15, 0.2) is 11.5 Å². The van der Waals surface area contributed by atoms with Crippen LogP contribution in [0.4, 0.5) is 5.82 Å². The largest absolute Gasteiger partial charge is 0.486 e. The molecular weight excluding hydrogens is 316 g/mol. The van der Waals surface area contributed by atoms with Crippen LogP contribution in [0.25, 0.3) is 0 Å². The summed E-state index contributed by atoms with van der Waals surface area (Å²) >= 11 is 0. The molecule has 1 fully saturated rings. The molecule has 2 aromatic rings. The SMILES string of the molecule is Nc1nccnc1C[C@H]1CCCN(Cc2ccc3c(c2)OCCO3)C1. The van der Waals surface area contributed by atoms with Gasteiger partial charge in [-0.1, -0.05) is 6.07 Å². The van der Waals surface area contributed by atoms with Gasteiger partial charge in [0, 0.05) is 25.5 Å². The fraction of sp³-hybridized carbons (Fsp3) is 0.474. The number of fused-ring (bicyclic) bond motifs is 1. The van der Waals surface area contributed by atoms with Gasteiger partial charge in [0.25, 0.3) is 0 Å². The zero-order valence-electron chi connectivity index (χ0n) is 14.4. The quantitative estimate of drug-likeness (QED) is 0.920. The molecule has 0 spiro atoms. The third kappa shape index (κ3) is 3.85. The number of nitrogen functional groups attached to an aromatic ring is 1. The summed E-state index contributed by atoms with van der Waals surface area (Å²) in [7, 11) is 0. The van der Waals surface area contributed by atoms with Gasteiger partial charge in [-0.25, -0.2) is 4.98 Å². The molecule has 6 heteroatoms. The summed E-state index contributed by atoms with van der Waals surface area (Å²) in [6.45, 7) is 4.38. The lowest BCUT2D eigenvalue weighted by Gasteiger charge is -2.33. The maximum Gasteiger partial charge on any atom is 0.161 e. The lowest BCUT2D eigenvalue weighted by atomic mass is 9.93. The van der Waals surface area contributed by atoms with Gasteiger partial charge < -0.3 is 15.2 Å². The molecule has 2 aliphatic heterocycles. The van der Waals surface area contributed by atoms with E-state index in [1.807, 2.05) is 6.07 Å². The van der Waals surface area contributed by atoms with Gasteiger partial charge in [-0.3, -0.25) is 9.88 Å². The Morgan fingerprint density at radius 3 is 2.84 bits per heavy atom. The van der Waals surface area contributed by atoms with E-state index in [1.54, 1.807) is 12.4 Å². The first-order valence-electron chi connectivity index (χ1n) is 8.94. The van der Waals surface area contributed by atoms with Gasteiger partial charge in [-0.05, 0) is 49.4 Å². The van der Waals surface area contributed by atoms with Gasteiger partial charge in [-0.15, -0.1) is 0 Å². The number of anilines is 1. The van der Waals surface area contributed by atoms with Crippen LogP contribution in [0, 0.1) is 5.92 Å². The molecule has 6 nitrogen and oxygen atoms in total. The Labute approximate surface area is 148 Å². The van der Waals surface area contributed by atoms with E-state index in [9.17, 15) is 0 Å². The van der Waals surface area contributed by atoms with Crippen LogP contribution in [0.15, 0.2) is 30.6 Å². The summed E-state index contributed by atoms with van der Waals surface area (Å²) in [6, 6.07) is 6.27. The predicted molar refractivity (Wildman–Crippen MR) is 95.6 cm³/mol. The molecule has 2 aliphatic rings. The van der Waals surface area contributed by atoms with E-state index in [4.69, 9.17) is 15.2 Å². The van der Waals surface area contributed by atoms with Crippen LogP contribution in [0.2, 0.25) is 0 Å². The number of ether oxygens (including phenoxy) is 2. The number of rotatable bonds is 4. The molecule has 0 aliphatic carbocycles. The predicted octanol–water partition coefficient (Wildman–Crippen LogP) is 2.28. The monoisotopic (exact) mass is 340 g/mol. The summed E-state index contributed by atoms with van der Waals surface area (Å²) in [5.41, 5.74) is 8.14. The van der Waals surface area contributed by atoms with Crippen LogP contribution in [0.3, 0.4) is 0 Å². The first kappa shape index (κ1) is 16.1. The molecule has 1 atom stereocenters. The third-order valence-corrected chi connectivity index (χ3v) is 4.90. The van der Waals surface area contributed by atoms with Gasteiger partial charge in [0.1, 0.15) is 19.0 Å². The Balaban J connectivity index is 1.39. The summed E-state index contributed by atoms with van der Waals surface area (Å²) < 4.78 is 11.3. The molecule has 0 saturated carbocycles. The zero-order valence-corrected chi connectivity index (χ0v) is 14.4. The lowest BCUT2D eigenvalue weighted by Crippen LogP contribution is -2.36. The number of nitrogens with two attached hydrogens (primary N) is 1. The highest BCUT2D eigenvalue weighted by molar-refractivity contribution is 5.43. The zero-order chi connectivity index (χ0) is 17.1. The smallest absolute Gasteiger partial charge is 0.161 e. The highest BCUT2D eigenvalue weighted by Crippen LogP contribution is 2.31. The van der Waals surface area contributed by atoms with Crippen molar-refractivity contribution in [1.29, 1.82) is 0 Å². The molecule has 4 rings (SSSR count). The minimum absolute atomic E-state index is 0.562. The van der Waals surface area contributed by atoms with Crippen LogP contribution in [-0.4, -0.2) is 41.2 Å². The topological polar surface area (TPSA) is 73.5 Å². The van der Waals surface area contributed by atoms with E-state index in [-0.39, 0.29) is 0 Å². The fourth-order valence-corrected chi connectivity index (χ4v) is 3.71. The molecule has 0 amide bonds. The molecule has 0 bridgehead atoms. The van der Waals surface area contributed by atoms with Gasteiger partial charge in [-0.2, -0.15) is 0 Å². The molecule has 0 radical (unpaired) electrons. The molecular formula is C19H24N4O2. The second-order valence-electron chi connectivity index (χ2n) is 6.81. The minimum atomic E-state index is 0.562. The summed E-state index contributed by atoms with van der Waals surface area (Å²) in [6.07, 6.45) is 6.69. The maximum absolute atomic E-state index is 5.95. The maximum atomic E-state index is 5.95. The van der Waals surface area contributed by atoms with Crippen molar-refractivity contribution in [3.8, 4) is 11.5 Å².